The number of aliphatic hydroxyl groups excluding tert-OH is 1. The Hall–Kier alpha value is -3.23. The molecule has 2 aromatic rings. The van der Waals surface area contributed by atoms with Crippen molar-refractivity contribution in [3.05, 3.63) is 65.5 Å². The van der Waals surface area contributed by atoms with E-state index in [1.54, 1.807) is 24.3 Å². The van der Waals surface area contributed by atoms with Crippen LogP contribution >= 0.6 is 0 Å². The van der Waals surface area contributed by atoms with Crippen LogP contribution in [0.4, 0.5) is 0 Å². The molecule has 1 aromatic carbocycles. The van der Waals surface area contributed by atoms with E-state index in [2.05, 4.69) is 9.88 Å². The van der Waals surface area contributed by atoms with E-state index >= 15 is 0 Å². The smallest absolute Gasteiger partial charge is 0.295 e. The van der Waals surface area contributed by atoms with Crippen LogP contribution in [0.15, 0.2) is 54.4 Å². The van der Waals surface area contributed by atoms with E-state index in [0.29, 0.717) is 37.3 Å². The quantitative estimate of drug-likeness (QED) is 0.416. The van der Waals surface area contributed by atoms with E-state index in [4.69, 9.17) is 4.74 Å². The third kappa shape index (κ3) is 4.45. The number of nitrogens with zero attached hydrogens (tertiary/aromatic N) is 3. The van der Waals surface area contributed by atoms with Crippen LogP contribution in [-0.4, -0.2) is 76.1 Å². The summed E-state index contributed by atoms with van der Waals surface area (Å²) in [6.07, 6.45) is 3.73. The highest BCUT2D eigenvalue weighted by Crippen LogP contribution is 2.39. The number of phenolic OH excluding ortho intramolecular Hbond substituents is 1. The Bertz CT molecular complexity index is 968. The molecule has 1 aromatic heterocycles. The van der Waals surface area contributed by atoms with Gasteiger partial charge in [0.1, 0.15) is 11.5 Å². The van der Waals surface area contributed by atoms with E-state index in [0.717, 1.165) is 19.6 Å². The fraction of sp³-hybridized carbons (Fsp3) is 0.348. The van der Waals surface area contributed by atoms with Crippen molar-refractivity contribution in [2.75, 3.05) is 39.4 Å². The number of amides is 1. The van der Waals surface area contributed by atoms with E-state index in [-0.39, 0.29) is 17.1 Å². The molecule has 3 heterocycles. The van der Waals surface area contributed by atoms with Crippen molar-refractivity contribution in [1.82, 2.24) is 14.8 Å². The number of ether oxygens (including phenoxy) is 1. The molecule has 31 heavy (non-hydrogen) atoms. The minimum atomic E-state index is -0.724. The number of benzene rings is 1. The lowest BCUT2D eigenvalue weighted by Crippen LogP contribution is -2.38. The number of phenols is 1. The molecule has 0 aliphatic carbocycles. The minimum Gasteiger partial charge on any atom is -0.508 e. The van der Waals surface area contributed by atoms with E-state index in [1.807, 2.05) is 0 Å². The Labute approximate surface area is 180 Å². The predicted octanol–water partition coefficient (Wildman–Crippen LogP) is 1.93. The molecule has 0 spiro atoms. The third-order valence-electron chi connectivity index (χ3n) is 5.68. The molecule has 0 radical (unpaired) electrons. The summed E-state index contributed by atoms with van der Waals surface area (Å²) in [6, 6.07) is 8.81. The highest BCUT2D eigenvalue weighted by Gasteiger charge is 2.45. The summed E-state index contributed by atoms with van der Waals surface area (Å²) in [4.78, 5) is 33.6. The molecule has 8 nitrogen and oxygen atoms in total. The van der Waals surface area contributed by atoms with Gasteiger partial charge in [0, 0.05) is 44.1 Å². The van der Waals surface area contributed by atoms with Gasteiger partial charge in [-0.3, -0.25) is 19.5 Å². The van der Waals surface area contributed by atoms with Crippen LogP contribution in [-0.2, 0) is 14.3 Å². The largest absolute Gasteiger partial charge is 0.508 e. The van der Waals surface area contributed by atoms with E-state index < -0.39 is 17.7 Å². The summed E-state index contributed by atoms with van der Waals surface area (Å²) >= 11 is 0. The second-order valence-electron chi connectivity index (χ2n) is 7.63. The summed E-state index contributed by atoms with van der Waals surface area (Å²) in [6.45, 7) is 4.26. The average Bonchev–Trinajstić information content (AvgIpc) is 3.05. The lowest BCUT2D eigenvalue weighted by Gasteiger charge is -2.29. The Kier molecular flexibility index (Phi) is 6.29. The maximum Gasteiger partial charge on any atom is 0.295 e. The molecule has 2 aliphatic heterocycles. The van der Waals surface area contributed by atoms with Crippen molar-refractivity contribution < 1.29 is 24.5 Å². The molecule has 1 atom stereocenters. The average molecular weight is 423 g/mol. The molecule has 2 N–H and O–H groups in total. The Morgan fingerprint density at radius 2 is 1.71 bits per heavy atom. The number of rotatable bonds is 6. The highest BCUT2D eigenvalue weighted by atomic mass is 16.5. The lowest BCUT2D eigenvalue weighted by molar-refractivity contribution is -0.140. The first-order valence-corrected chi connectivity index (χ1v) is 10.3. The molecule has 2 fully saturated rings. The van der Waals surface area contributed by atoms with Gasteiger partial charge in [-0.25, -0.2) is 0 Å². The number of carbonyl (C=O) groups excluding carboxylic acids is 2. The van der Waals surface area contributed by atoms with E-state index in [1.165, 1.54) is 29.4 Å². The van der Waals surface area contributed by atoms with Gasteiger partial charge in [-0.15, -0.1) is 0 Å². The number of aliphatic hydroxyl groups is 1. The fourth-order valence-corrected chi connectivity index (χ4v) is 4.07. The molecular formula is C23H25N3O5. The number of aromatic hydroxyl groups is 1. The summed E-state index contributed by atoms with van der Waals surface area (Å²) in [7, 11) is 0. The van der Waals surface area contributed by atoms with Crippen LogP contribution in [0.5, 0.6) is 5.75 Å². The molecular weight excluding hydrogens is 398 g/mol. The van der Waals surface area contributed by atoms with Gasteiger partial charge in [0.2, 0.25) is 0 Å². The third-order valence-corrected chi connectivity index (χ3v) is 5.68. The zero-order valence-corrected chi connectivity index (χ0v) is 17.1. The van der Waals surface area contributed by atoms with Gasteiger partial charge in [0.25, 0.3) is 11.7 Å². The second-order valence-corrected chi connectivity index (χ2v) is 7.63. The number of carbonyl (C=O) groups is 2. The van der Waals surface area contributed by atoms with Crippen molar-refractivity contribution in [3.63, 3.8) is 0 Å². The van der Waals surface area contributed by atoms with Gasteiger partial charge >= 0.3 is 0 Å². The number of hydrogen-bond donors (Lipinski definition) is 2. The van der Waals surface area contributed by atoms with Gasteiger partial charge in [0.05, 0.1) is 24.8 Å². The maximum absolute atomic E-state index is 12.9. The van der Waals surface area contributed by atoms with Crippen LogP contribution < -0.4 is 0 Å². The number of aromatic nitrogens is 1. The maximum atomic E-state index is 12.9. The van der Waals surface area contributed by atoms with Crippen LogP contribution in [0, 0.1) is 0 Å². The zero-order valence-electron chi connectivity index (χ0n) is 17.1. The number of morpholine rings is 1. The van der Waals surface area contributed by atoms with Crippen LogP contribution in [0.25, 0.3) is 5.76 Å². The van der Waals surface area contributed by atoms with Gasteiger partial charge in [-0.05, 0) is 36.2 Å². The SMILES string of the molecule is O=C1C(=O)N(CCCN2CCOCC2)C(c2ccc(O)cc2)C1=C(O)c1ccncc1. The van der Waals surface area contributed by atoms with Crippen LogP contribution in [0.3, 0.4) is 0 Å². The van der Waals surface area contributed by atoms with Gasteiger partial charge in [-0.2, -0.15) is 0 Å². The normalized spacial score (nSPS) is 21.5. The first-order chi connectivity index (χ1) is 15.1. The summed E-state index contributed by atoms with van der Waals surface area (Å²) < 4.78 is 5.37. The van der Waals surface area contributed by atoms with Gasteiger partial charge in [-0.1, -0.05) is 12.1 Å². The molecule has 4 rings (SSSR count). The standard InChI is InChI=1S/C23H25N3O5/c27-18-4-2-16(3-5-18)20-19(21(28)17-6-8-24-9-7-17)22(29)23(30)26(20)11-1-10-25-12-14-31-15-13-25/h2-9,20,27-28H,1,10-15H2. The number of pyridine rings is 1. The number of ketones is 1. The monoisotopic (exact) mass is 423 g/mol. The summed E-state index contributed by atoms with van der Waals surface area (Å²) in [5.74, 6) is -1.48. The Balaban J connectivity index is 1.65. The minimum absolute atomic E-state index is 0.0493. The molecule has 2 saturated heterocycles. The predicted molar refractivity (Wildman–Crippen MR) is 113 cm³/mol. The molecule has 8 heteroatoms. The molecule has 2 aliphatic rings. The molecule has 1 unspecified atom stereocenters. The Morgan fingerprint density at radius 3 is 2.39 bits per heavy atom. The number of likely N-dealkylation sites (tertiary alicyclic amines) is 1. The summed E-state index contributed by atoms with van der Waals surface area (Å²) in [5.41, 5.74) is 1.12. The van der Waals surface area contributed by atoms with Crippen molar-refractivity contribution in [1.29, 1.82) is 0 Å². The van der Waals surface area contributed by atoms with Crippen molar-refractivity contribution in [2.24, 2.45) is 0 Å². The van der Waals surface area contributed by atoms with Gasteiger partial charge < -0.3 is 19.8 Å². The number of Topliss-reactive ketones (excluding diaryl/α,β-unsaturated/α-hetero) is 1. The fourth-order valence-electron chi connectivity index (χ4n) is 4.07. The number of hydrogen-bond acceptors (Lipinski definition) is 7. The highest BCUT2D eigenvalue weighted by molar-refractivity contribution is 6.46. The Morgan fingerprint density at radius 1 is 1.03 bits per heavy atom. The van der Waals surface area contributed by atoms with Crippen LogP contribution in [0.1, 0.15) is 23.6 Å². The van der Waals surface area contributed by atoms with Gasteiger partial charge in [0.15, 0.2) is 0 Å². The molecule has 1 amide bonds. The lowest BCUT2D eigenvalue weighted by atomic mass is 9.95. The molecule has 162 valence electrons. The van der Waals surface area contributed by atoms with Crippen molar-refractivity contribution in [2.45, 2.75) is 12.5 Å². The van der Waals surface area contributed by atoms with Crippen molar-refractivity contribution in [3.8, 4) is 5.75 Å². The molecule has 0 bridgehead atoms. The van der Waals surface area contributed by atoms with E-state index in [9.17, 15) is 19.8 Å². The van der Waals surface area contributed by atoms with Crippen LogP contribution in [0.2, 0.25) is 0 Å². The summed E-state index contributed by atoms with van der Waals surface area (Å²) in [5, 5.41) is 20.6. The zero-order chi connectivity index (χ0) is 21.8. The topological polar surface area (TPSA) is 103 Å². The first-order valence-electron chi connectivity index (χ1n) is 10.3. The first kappa shape index (κ1) is 21.0. The molecule has 0 saturated carbocycles. The van der Waals surface area contributed by atoms with Crippen molar-refractivity contribution >= 4 is 17.4 Å². The second kappa shape index (κ2) is 9.28.